The molecule has 140 valence electrons. The molecule has 2 rings (SSSR count). The Morgan fingerprint density at radius 1 is 1.36 bits per heavy atom. The lowest BCUT2D eigenvalue weighted by molar-refractivity contribution is -0.174. The van der Waals surface area contributed by atoms with Crippen molar-refractivity contribution in [1.29, 1.82) is 0 Å². The van der Waals surface area contributed by atoms with Gasteiger partial charge in [-0.25, -0.2) is 4.98 Å². The zero-order valence-corrected chi connectivity index (χ0v) is 14.4. The summed E-state index contributed by atoms with van der Waals surface area (Å²) >= 11 is 5.82. The molecule has 0 saturated carbocycles. The van der Waals surface area contributed by atoms with E-state index in [1.807, 2.05) is 6.07 Å². The molecule has 1 N–H and O–H groups in total. The Morgan fingerprint density at radius 3 is 2.68 bits per heavy atom. The number of pyridine rings is 1. The molecule has 1 amide bonds. The van der Waals surface area contributed by atoms with Crippen LogP contribution in [-0.4, -0.2) is 49.9 Å². The zero-order valence-electron chi connectivity index (χ0n) is 13.7. The molecular formula is C16H21ClF3N3O2. The van der Waals surface area contributed by atoms with Crippen molar-refractivity contribution in [1.82, 2.24) is 10.3 Å². The van der Waals surface area contributed by atoms with Gasteiger partial charge in [0.15, 0.2) is 0 Å². The van der Waals surface area contributed by atoms with Gasteiger partial charge in [-0.15, -0.1) is 0 Å². The highest BCUT2D eigenvalue weighted by Gasteiger charge is 2.27. The number of ether oxygens (including phenoxy) is 1. The van der Waals surface area contributed by atoms with E-state index < -0.39 is 12.8 Å². The number of hydrogen-bond acceptors (Lipinski definition) is 4. The van der Waals surface area contributed by atoms with E-state index >= 15 is 0 Å². The van der Waals surface area contributed by atoms with Crippen LogP contribution in [0.3, 0.4) is 0 Å². The first-order valence-electron chi connectivity index (χ1n) is 8.14. The molecule has 1 aromatic heterocycles. The van der Waals surface area contributed by atoms with Crippen molar-refractivity contribution < 1.29 is 22.7 Å². The second-order valence-electron chi connectivity index (χ2n) is 5.91. The third-order valence-electron chi connectivity index (χ3n) is 3.93. The lowest BCUT2D eigenvalue weighted by atomic mass is 9.96. The van der Waals surface area contributed by atoms with Crippen LogP contribution in [0.1, 0.15) is 19.3 Å². The maximum atomic E-state index is 12.1. The quantitative estimate of drug-likeness (QED) is 0.740. The zero-order chi connectivity index (χ0) is 18.3. The highest BCUT2D eigenvalue weighted by atomic mass is 35.5. The van der Waals surface area contributed by atoms with Gasteiger partial charge < -0.3 is 15.0 Å². The van der Waals surface area contributed by atoms with E-state index in [1.54, 1.807) is 12.3 Å². The Kier molecular flexibility index (Phi) is 7.31. The second-order valence-corrected chi connectivity index (χ2v) is 6.34. The van der Waals surface area contributed by atoms with E-state index in [-0.39, 0.29) is 18.4 Å². The summed E-state index contributed by atoms with van der Waals surface area (Å²) in [6.07, 6.45) is -0.941. The van der Waals surface area contributed by atoms with Crippen LogP contribution in [-0.2, 0) is 9.53 Å². The van der Waals surface area contributed by atoms with Gasteiger partial charge in [-0.2, -0.15) is 13.2 Å². The molecule has 1 aromatic rings. The summed E-state index contributed by atoms with van der Waals surface area (Å²) in [6, 6.07) is 3.63. The summed E-state index contributed by atoms with van der Waals surface area (Å²) in [7, 11) is 0. The van der Waals surface area contributed by atoms with E-state index in [4.69, 9.17) is 11.6 Å². The van der Waals surface area contributed by atoms with Gasteiger partial charge in [0, 0.05) is 38.4 Å². The van der Waals surface area contributed by atoms with Crippen LogP contribution in [0.2, 0.25) is 5.02 Å². The minimum atomic E-state index is -4.31. The lowest BCUT2D eigenvalue weighted by Gasteiger charge is -2.32. The number of anilines is 1. The molecule has 0 bridgehead atoms. The summed E-state index contributed by atoms with van der Waals surface area (Å²) < 4.78 is 40.2. The Morgan fingerprint density at radius 2 is 2.08 bits per heavy atom. The summed E-state index contributed by atoms with van der Waals surface area (Å²) in [6.45, 7) is 0.483. The van der Waals surface area contributed by atoms with Crippen LogP contribution in [0.4, 0.5) is 19.0 Å². The van der Waals surface area contributed by atoms with Gasteiger partial charge >= 0.3 is 6.18 Å². The maximum Gasteiger partial charge on any atom is 0.411 e. The van der Waals surface area contributed by atoms with Crippen LogP contribution in [0, 0.1) is 5.92 Å². The van der Waals surface area contributed by atoms with Crippen molar-refractivity contribution in [3.8, 4) is 0 Å². The predicted octanol–water partition coefficient (Wildman–Crippen LogP) is 3.04. The van der Waals surface area contributed by atoms with E-state index in [2.05, 4.69) is 19.9 Å². The van der Waals surface area contributed by atoms with Gasteiger partial charge in [0.1, 0.15) is 12.4 Å². The number of carbonyl (C=O) groups excluding carboxylic acids is 1. The number of hydrogen-bond donors (Lipinski definition) is 1. The highest BCUT2D eigenvalue weighted by molar-refractivity contribution is 6.30. The normalized spacial score (nSPS) is 16.1. The largest absolute Gasteiger partial charge is 0.411 e. The van der Waals surface area contributed by atoms with Gasteiger partial charge in [-0.1, -0.05) is 11.6 Å². The third kappa shape index (κ3) is 7.07. The monoisotopic (exact) mass is 379 g/mol. The van der Waals surface area contributed by atoms with Crippen molar-refractivity contribution >= 4 is 23.3 Å². The molecule has 9 heteroatoms. The fourth-order valence-corrected chi connectivity index (χ4v) is 2.76. The summed E-state index contributed by atoms with van der Waals surface area (Å²) in [5.74, 6) is 0.698. The van der Waals surface area contributed by atoms with E-state index in [0.717, 1.165) is 18.9 Å². The van der Waals surface area contributed by atoms with Gasteiger partial charge in [-0.3, -0.25) is 4.79 Å². The average Bonchev–Trinajstić information content (AvgIpc) is 2.58. The molecule has 1 aliphatic rings. The van der Waals surface area contributed by atoms with Crippen LogP contribution in [0.25, 0.3) is 0 Å². The first-order valence-corrected chi connectivity index (χ1v) is 8.51. The van der Waals surface area contributed by atoms with Crippen LogP contribution in [0.15, 0.2) is 18.3 Å². The molecule has 25 heavy (non-hydrogen) atoms. The number of piperidine rings is 1. The molecule has 0 spiro atoms. The Labute approximate surface area is 149 Å². The molecule has 0 aromatic carbocycles. The minimum absolute atomic E-state index is 0.0273. The number of aromatic nitrogens is 1. The predicted molar refractivity (Wildman–Crippen MR) is 88.7 cm³/mol. The van der Waals surface area contributed by atoms with Crippen molar-refractivity contribution in [2.75, 3.05) is 37.7 Å². The number of rotatable bonds is 7. The maximum absolute atomic E-state index is 12.1. The number of amides is 1. The Hall–Kier alpha value is -1.54. The number of nitrogens with one attached hydrogen (secondary N) is 1. The minimum Gasteiger partial charge on any atom is -0.372 e. The van der Waals surface area contributed by atoms with Crippen molar-refractivity contribution in [2.45, 2.75) is 25.4 Å². The molecule has 0 aliphatic carbocycles. The molecule has 1 aliphatic heterocycles. The van der Waals surface area contributed by atoms with Crippen molar-refractivity contribution in [3.05, 3.63) is 23.4 Å². The van der Waals surface area contributed by atoms with Gasteiger partial charge in [0.25, 0.3) is 0 Å². The Bertz CT molecular complexity index is 547. The number of nitrogens with zero attached hydrogens (tertiary/aromatic N) is 2. The summed E-state index contributed by atoms with van der Waals surface area (Å²) in [5.41, 5.74) is 0. The van der Waals surface area contributed by atoms with Crippen molar-refractivity contribution in [3.63, 3.8) is 0 Å². The van der Waals surface area contributed by atoms with Crippen LogP contribution in [0.5, 0.6) is 0 Å². The first-order chi connectivity index (χ1) is 11.8. The van der Waals surface area contributed by atoms with Gasteiger partial charge in [-0.05, 0) is 31.4 Å². The lowest BCUT2D eigenvalue weighted by Crippen LogP contribution is -2.41. The number of carbonyl (C=O) groups is 1. The van der Waals surface area contributed by atoms with Gasteiger partial charge in [0.2, 0.25) is 5.91 Å². The average molecular weight is 380 g/mol. The smallest absolute Gasteiger partial charge is 0.372 e. The molecule has 0 atom stereocenters. The standard InChI is InChI=1S/C16H21ClF3N3O2/c17-13-2-3-14(22-10-13)23-7-4-12(5-8-23)15(24)21-6-1-9-25-11-16(18,19)20/h2-3,10,12H,1,4-9,11H2,(H,21,24). The molecule has 0 radical (unpaired) electrons. The van der Waals surface area contributed by atoms with Gasteiger partial charge in [0.05, 0.1) is 5.02 Å². The summed E-state index contributed by atoms with van der Waals surface area (Å²) in [4.78, 5) is 18.5. The van der Waals surface area contributed by atoms with E-state index in [9.17, 15) is 18.0 Å². The number of halogens is 4. The first kappa shape index (κ1) is 19.8. The molecule has 1 saturated heterocycles. The fourth-order valence-electron chi connectivity index (χ4n) is 2.64. The summed E-state index contributed by atoms with van der Waals surface area (Å²) in [5, 5.41) is 3.34. The molecule has 2 heterocycles. The second kappa shape index (κ2) is 9.24. The van der Waals surface area contributed by atoms with Crippen LogP contribution < -0.4 is 10.2 Å². The van der Waals surface area contributed by atoms with E-state index in [0.29, 0.717) is 30.8 Å². The van der Waals surface area contributed by atoms with E-state index in [1.165, 1.54) is 0 Å². The molecule has 1 fully saturated rings. The number of alkyl halides is 3. The topological polar surface area (TPSA) is 54.5 Å². The van der Waals surface area contributed by atoms with Crippen LogP contribution >= 0.6 is 11.6 Å². The highest BCUT2D eigenvalue weighted by Crippen LogP contribution is 2.22. The SMILES string of the molecule is O=C(NCCCOCC(F)(F)F)C1CCN(c2ccc(Cl)cn2)CC1. The fraction of sp³-hybridized carbons (Fsp3) is 0.625. The molecule has 5 nitrogen and oxygen atoms in total. The Balaban J connectivity index is 1.62. The molecular weight excluding hydrogens is 359 g/mol. The van der Waals surface area contributed by atoms with Crippen molar-refractivity contribution in [2.24, 2.45) is 5.92 Å². The third-order valence-corrected chi connectivity index (χ3v) is 4.16. The molecule has 0 unspecified atom stereocenters.